The van der Waals surface area contributed by atoms with E-state index < -0.39 is 32.5 Å². The predicted molar refractivity (Wildman–Crippen MR) is 245 cm³/mol. The SMILES string of the molecule is CCCCC/C=C\C/C=C\C/C=C\C/C=C\CCCCCC(=O)OC[C@H](COP(=O)([O-])OCC[N+](C)(C)C)OC(=O)CCCCCCCCCCCCCCCCCC. The number of phosphoric acid groups is 1. The number of allylic oxidation sites excluding steroid dienone is 8. The van der Waals surface area contributed by atoms with Crippen molar-refractivity contribution in [3.63, 3.8) is 0 Å². The zero-order valence-corrected chi connectivity index (χ0v) is 39.6. The molecule has 0 radical (unpaired) electrons. The summed E-state index contributed by atoms with van der Waals surface area (Å²) in [5.41, 5.74) is 0. The largest absolute Gasteiger partial charge is 0.756 e. The maximum Gasteiger partial charge on any atom is 0.306 e. The lowest BCUT2D eigenvalue weighted by atomic mass is 10.0. The molecular weight excluding hydrogens is 762 g/mol. The molecule has 0 aromatic rings. The Labute approximate surface area is 363 Å². The van der Waals surface area contributed by atoms with Crippen LogP contribution in [0.5, 0.6) is 0 Å². The Morgan fingerprint density at radius 2 is 0.915 bits per heavy atom. The molecule has 0 fully saturated rings. The molecule has 0 bridgehead atoms. The van der Waals surface area contributed by atoms with Gasteiger partial charge in [0.1, 0.15) is 19.8 Å². The molecule has 0 aliphatic rings. The molecule has 0 rings (SSSR count). The zero-order valence-electron chi connectivity index (χ0n) is 38.7. The van der Waals surface area contributed by atoms with Gasteiger partial charge in [-0.1, -0.05) is 178 Å². The number of phosphoric ester groups is 1. The zero-order chi connectivity index (χ0) is 43.6. The molecule has 0 aromatic heterocycles. The van der Waals surface area contributed by atoms with Gasteiger partial charge in [-0.05, 0) is 57.8 Å². The van der Waals surface area contributed by atoms with Crippen molar-refractivity contribution in [1.29, 1.82) is 0 Å². The number of quaternary nitrogens is 1. The highest BCUT2D eigenvalue weighted by molar-refractivity contribution is 7.45. The lowest BCUT2D eigenvalue weighted by Crippen LogP contribution is -2.37. The fraction of sp³-hybridized carbons (Fsp3) is 0.796. The minimum absolute atomic E-state index is 0.0363. The van der Waals surface area contributed by atoms with Gasteiger partial charge in [0.15, 0.2) is 6.10 Å². The first-order chi connectivity index (χ1) is 28.5. The van der Waals surface area contributed by atoms with E-state index in [4.69, 9.17) is 18.5 Å². The van der Waals surface area contributed by atoms with Crippen molar-refractivity contribution in [3.05, 3.63) is 48.6 Å². The molecule has 0 aliphatic heterocycles. The van der Waals surface area contributed by atoms with Crippen LogP contribution in [0.25, 0.3) is 0 Å². The molecule has 0 aromatic carbocycles. The first-order valence-electron chi connectivity index (χ1n) is 23.8. The Bertz CT molecular complexity index is 1150. The van der Waals surface area contributed by atoms with Crippen LogP contribution in [-0.4, -0.2) is 70.0 Å². The third-order valence-corrected chi connectivity index (χ3v) is 11.1. The summed E-state index contributed by atoms with van der Waals surface area (Å²) < 4.78 is 33.9. The molecule has 0 saturated heterocycles. The van der Waals surface area contributed by atoms with Gasteiger partial charge in [0.2, 0.25) is 0 Å². The number of likely N-dealkylation sites (N-methyl/N-ethyl adjacent to an activating group) is 1. The third-order valence-electron chi connectivity index (χ3n) is 10.1. The first-order valence-corrected chi connectivity index (χ1v) is 25.3. The van der Waals surface area contributed by atoms with Crippen molar-refractivity contribution in [1.82, 2.24) is 0 Å². The summed E-state index contributed by atoms with van der Waals surface area (Å²) in [5.74, 6) is -0.866. The van der Waals surface area contributed by atoms with Crippen molar-refractivity contribution >= 4 is 19.8 Å². The van der Waals surface area contributed by atoms with Crippen molar-refractivity contribution in [2.24, 2.45) is 0 Å². The van der Waals surface area contributed by atoms with Crippen LogP contribution < -0.4 is 4.89 Å². The van der Waals surface area contributed by atoms with Crippen LogP contribution in [0.3, 0.4) is 0 Å². The van der Waals surface area contributed by atoms with Crippen LogP contribution in [0.2, 0.25) is 0 Å². The molecule has 0 heterocycles. The van der Waals surface area contributed by atoms with Crippen LogP contribution >= 0.6 is 7.82 Å². The number of hydrogen-bond acceptors (Lipinski definition) is 8. The summed E-state index contributed by atoms with van der Waals surface area (Å²) in [7, 11) is 1.15. The average Bonchev–Trinajstić information content (AvgIpc) is 3.19. The number of unbranched alkanes of at least 4 members (excludes halogenated alkanes) is 21. The van der Waals surface area contributed by atoms with Crippen molar-refractivity contribution in [3.8, 4) is 0 Å². The van der Waals surface area contributed by atoms with Crippen LogP contribution in [0.4, 0.5) is 0 Å². The van der Waals surface area contributed by atoms with Crippen molar-refractivity contribution in [2.75, 3.05) is 47.5 Å². The molecule has 1 unspecified atom stereocenters. The lowest BCUT2D eigenvalue weighted by Gasteiger charge is -2.28. The van der Waals surface area contributed by atoms with Crippen LogP contribution in [-0.2, 0) is 32.7 Å². The van der Waals surface area contributed by atoms with Gasteiger partial charge in [-0.25, -0.2) is 0 Å². The molecule has 0 aliphatic carbocycles. The van der Waals surface area contributed by atoms with Gasteiger partial charge in [-0.2, -0.15) is 0 Å². The predicted octanol–water partition coefficient (Wildman–Crippen LogP) is 13.2. The second-order valence-corrected chi connectivity index (χ2v) is 18.5. The van der Waals surface area contributed by atoms with Gasteiger partial charge in [0.05, 0.1) is 27.7 Å². The van der Waals surface area contributed by atoms with Gasteiger partial charge in [-0.3, -0.25) is 14.2 Å². The number of esters is 2. The molecule has 344 valence electrons. The number of carbonyl (C=O) groups excluding carboxylic acids is 2. The topological polar surface area (TPSA) is 111 Å². The van der Waals surface area contributed by atoms with Gasteiger partial charge < -0.3 is 27.9 Å². The van der Waals surface area contributed by atoms with E-state index in [-0.39, 0.29) is 26.1 Å². The lowest BCUT2D eigenvalue weighted by molar-refractivity contribution is -0.870. The van der Waals surface area contributed by atoms with E-state index in [1.807, 2.05) is 21.1 Å². The molecule has 2 atom stereocenters. The monoisotopic (exact) mass is 852 g/mol. The molecule has 0 amide bonds. The highest BCUT2D eigenvalue weighted by Crippen LogP contribution is 2.38. The minimum atomic E-state index is -4.63. The van der Waals surface area contributed by atoms with E-state index in [0.29, 0.717) is 23.9 Å². The molecule has 59 heavy (non-hydrogen) atoms. The quantitative estimate of drug-likeness (QED) is 0.0196. The molecular formula is C49H90NO8P. The van der Waals surface area contributed by atoms with E-state index in [9.17, 15) is 19.0 Å². The number of rotatable bonds is 43. The Balaban J connectivity index is 4.36. The highest BCUT2D eigenvalue weighted by atomic mass is 31.2. The number of carbonyl (C=O) groups is 2. The molecule has 0 N–H and O–H groups in total. The first kappa shape index (κ1) is 57.0. The van der Waals surface area contributed by atoms with Gasteiger partial charge in [0.25, 0.3) is 7.82 Å². The summed E-state index contributed by atoms with van der Waals surface area (Å²) >= 11 is 0. The molecule has 10 heteroatoms. The Morgan fingerprint density at radius 1 is 0.525 bits per heavy atom. The third kappa shape index (κ3) is 45.3. The summed E-state index contributed by atoms with van der Waals surface area (Å²) in [6.45, 7) is 4.18. The second-order valence-electron chi connectivity index (χ2n) is 17.1. The fourth-order valence-electron chi connectivity index (χ4n) is 6.34. The normalized spacial score (nSPS) is 13.9. The summed E-state index contributed by atoms with van der Waals surface area (Å²) in [4.78, 5) is 37.6. The van der Waals surface area contributed by atoms with Crippen molar-refractivity contribution < 1.29 is 42.1 Å². The van der Waals surface area contributed by atoms with Crippen LogP contribution in [0, 0.1) is 0 Å². The smallest absolute Gasteiger partial charge is 0.306 e. The fourth-order valence-corrected chi connectivity index (χ4v) is 7.07. The van der Waals surface area contributed by atoms with Crippen LogP contribution in [0.1, 0.15) is 200 Å². The maximum atomic E-state index is 12.7. The van der Waals surface area contributed by atoms with E-state index in [1.54, 1.807) is 0 Å². The Morgan fingerprint density at radius 3 is 1.39 bits per heavy atom. The number of nitrogens with zero attached hydrogens (tertiary/aromatic N) is 1. The maximum absolute atomic E-state index is 12.7. The molecule has 9 nitrogen and oxygen atoms in total. The summed E-state index contributed by atoms with van der Waals surface area (Å²) in [6.07, 6.45) is 48.5. The van der Waals surface area contributed by atoms with E-state index in [0.717, 1.165) is 57.8 Å². The van der Waals surface area contributed by atoms with Crippen LogP contribution in [0.15, 0.2) is 48.6 Å². The molecule has 0 spiro atoms. The number of hydrogen-bond donors (Lipinski definition) is 0. The summed E-state index contributed by atoms with van der Waals surface area (Å²) in [5, 5.41) is 0. The van der Waals surface area contributed by atoms with E-state index >= 15 is 0 Å². The van der Waals surface area contributed by atoms with E-state index in [1.165, 1.54) is 103 Å². The van der Waals surface area contributed by atoms with Crippen molar-refractivity contribution in [2.45, 2.75) is 206 Å². The van der Waals surface area contributed by atoms with Gasteiger partial charge in [-0.15, -0.1) is 0 Å². The Kier molecular flexibility index (Phi) is 39.9. The highest BCUT2D eigenvalue weighted by Gasteiger charge is 2.21. The summed E-state index contributed by atoms with van der Waals surface area (Å²) in [6, 6.07) is 0. The standard InChI is InChI=1S/C49H90NO8P/c1-6-8-10-12-14-16-18-20-22-24-25-26-28-29-31-33-35-37-39-41-48(51)55-45-47(46-57-59(53,54)56-44-43-50(3,4)5)58-49(52)42-40-38-36-34-32-30-27-23-21-19-17-15-13-11-9-7-2/h14,16,20,22,25-26,29,31,47H,6-13,15,17-19,21,23-24,27-28,30,32-46H2,1-5H3/b16-14-,22-20-,26-25-,31-29-/t47-/m1/s1. The average molecular weight is 852 g/mol. The van der Waals surface area contributed by atoms with E-state index in [2.05, 4.69) is 62.5 Å². The molecule has 0 saturated carbocycles. The minimum Gasteiger partial charge on any atom is -0.756 e. The second kappa shape index (κ2) is 41.3. The van der Waals surface area contributed by atoms with Gasteiger partial charge in [0, 0.05) is 12.8 Å². The van der Waals surface area contributed by atoms with Gasteiger partial charge >= 0.3 is 11.9 Å². The number of ether oxygens (including phenoxy) is 2. The Hall–Kier alpha value is -2.03.